The van der Waals surface area contributed by atoms with Gasteiger partial charge in [-0.15, -0.1) is 0 Å². The van der Waals surface area contributed by atoms with Gasteiger partial charge >= 0.3 is 5.91 Å². The number of hydrogen-bond acceptors (Lipinski definition) is 3. The summed E-state index contributed by atoms with van der Waals surface area (Å²) >= 11 is 2.01. The van der Waals surface area contributed by atoms with E-state index in [1.807, 2.05) is 43.4 Å². The molecule has 0 bridgehead atoms. The molecule has 2 atom stereocenters. The lowest BCUT2D eigenvalue weighted by atomic mass is 9.99. The molecule has 1 N–H and O–H groups in total. The molecule has 1 aromatic rings. The lowest BCUT2D eigenvalue weighted by Gasteiger charge is -2.43. The second kappa shape index (κ2) is 5.77. The summed E-state index contributed by atoms with van der Waals surface area (Å²) in [7, 11) is 0. The minimum Gasteiger partial charge on any atom is -0.530 e. The Kier molecular flexibility index (Phi) is 4.49. The van der Waals surface area contributed by atoms with Crippen LogP contribution in [0.1, 0.15) is 27.2 Å². The van der Waals surface area contributed by atoms with Crippen molar-refractivity contribution in [3.05, 3.63) is 27.6 Å². The third kappa shape index (κ3) is 2.71. The van der Waals surface area contributed by atoms with E-state index in [9.17, 15) is 19.1 Å². The number of halogens is 2. The van der Waals surface area contributed by atoms with Crippen LogP contribution in [-0.2, 0) is 4.79 Å². The molecule has 1 unspecified atom stereocenters. The quantitative estimate of drug-likeness (QED) is 0.586. The number of likely N-dealkylation sites (tertiary alicyclic amines) is 1. The highest BCUT2D eigenvalue weighted by Crippen LogP contribution is 2.40. The van der Waals surface area contributed by atoms with Crippen LogP contribution in [0.15, 0.2) is 18.2 Å². The third-order valence-corrected chi connectivity index (χ3v) is 4.86. The van der Waals surface area contributed by atoms with Crippen molar-refractivity contribution in [2.24, 2.45) is 0 Å². The Morgan fingerprint density at radius 3 is 2.59 bits per heavy atom. The van der Waals surface area contributed by atoms with Crippen LogP contribution >= 0.6 is 22.6 Å². The fourth-order valence-electron chi connectivity index (χ4n) is 3.16. The fraction of sp³-hybridized carbons (Fsp3) is 0.467. The minimum atomic E-state index is -1.49. The van der Waals surface area contributed by atoms with Gasteiger partial charge in [-0.05, 0) is 55.5 Å². The molecule has 2 amide bonds. The molecular formula is C15H18FIN2O3. The number of nitrogens with zero attached hydrogens (tertiary/aromatic N) is 1. The van der Waals surface area contributed by atoms with E-state index in [0.717, 1.165) is 3.57 Å². The number of quaternary nitrogens is 1. The van der Waals surface area contributed by atoms with E-state index in [0.29, 0.717) is 13.0 Å². The summed E-state index contributed by atoms with van der Waals surface area (Å²) in [6.45, 7) is 5.89. The van der Waals surface area contributed by atoms with Crippen LogP contribution in [0.5, 0.6) is 0 Å². The van der Waals surface area contributed by atoms with Crippen molar-refractivity contribution in [1.29, 1.82) is 0 Å². The van der Waals surface area contributed by atoms with E-state index >= 15 is 0 Å². The Bertz CT molecular complexity index is 630. The monoisotopic (exact) mass is 420 g/mol. The van der Waals surface area contributed by atoms with Crippen LogP contribution in [0, 0.1) is 9.39 Å². The number of benzene rings is 1. The van der Waals surface area contributed by atoms with Gasteiger partial charge in [0, 0.05) is 16.1 Å². The highest BCUT2D eigenvalue weighted by molar-refractivity contribution is 14.1. The van der Waals surface area contributed by atoms with Crippen molar-refractivity contribution in [1.82, 2.24) is 9.80 Å². The summed E-state index contributed by atoms with van der Waals surface area (Å²) < 4.78 is 15.0. The zero-order chi connectivity index (χ0) is 16.7. The number of carboxylic acid groups (broad SMARTS) is 1. The van der Waals surface area contributed by atoms with E-state index in [2.05, 4.69) is 5.32 Å². The average Bonchev–Trinajstić information content (AvgIpc) is 2.67. The molecule has 2 rings (SSSR count). The maximum Gasteiger partial charge on any atom is 0.341 e. The summed E-state index contributed by atoms with van der Waals surface area (Å²) in [6, 6.07) is 3.87. The first-order chi connectivity index (χ1) is 10.1. The van der Waals surface area contributed by atoms with Crippen molar-refractivity contribution in [2.75, 3.05) is 6.54 Å². The SMILES string of the molecule is CC(C)(C)[N+]1(c2ccc(I)cc2F)CC[C@H](NC(=O)[O-])C1=O. The summed E-state index contributed by atoms with van der Waals surface area (Å²) in [4.78, 5) is 23.7. The first-order valence-corrected chi connectivity index (χ1v) is 8.03. The molecule has 0 saturated carbocycles. The van der Waals surface area contributed by atoms with Gasteiger partial charge in [0.2, 0.25) is 0 Å². The van der Waals surface area contributed by atoms with Crippen molar-refractivity contribution in [3.8, 4) is 0 Å². The first-order valence-electron chi connectivity index (χ1n) is 6.95. The molecule has 7 heteroatoms. The first kappa shape index (κ1) is 17.1. The van der Waals surface area contributed by atoms with E-state index in [1.165, 1.54) is 6.07 Å². The zero-order valence-corrected chi connectivity index (χ0v) is 14.8. The Balaban J connectivity index is 2.56. The highest BCUT2D eigenvalue weighted by Gasteiger charge is 2.57. The Morgan fingerprint density at radius 2 is 2.09 bits per heavy atom. The number of carbonyl (C=O) groups excluding carboxylic acids is 2. The van der Waals surface area contributed by atoms with Gasteiger partial charge < -0.3 is 15.2 Å². The van der Waals surface area contributed by atoms with Gasteiger partial charge in [0.1, 0.15) is 17.7 Å². The molecule has 0 aromatic heterocycles. The van der Waals surface area contributed by atoms with Gasteiger partial charge in [-0.25, -0.2) is 13.7 Å². The maximum atomic E-state index is 14.5. The topological polar surface area (TPSA) is 69.2 Å². The van der Waals surface area contributed by atoms with Gasteiger partial charge in [0.15, 0.2) is 11.5 Å². The second-order valence-electron chi connectivity index (χ2n) is 6.41. The molecule has 1 aromatic carbocycles. The van der Waals surface area contributed by atoms with Crippen molar-refractivity contribution >= 4 is 40.3 Å². The molecule has 120 valence electrons. The Labute approximate surface area is 142 Å². The lowest BCUT2D eigenvalue weighted by Crippen LogP contribution is -2.65. The Hall–Kier alpha value is -1.22. The van der Waals surface area contributed by atoms with Crippen molar-refractivity contribution < 1.29 is 19.1 Å². The largest absolute Gasteiger partial charge is 0.530 e. The van der Waals surface area contributed by atoms with Crippen LogP contribution in [0.3, 0.4) is 0 Å². The van der Waals surface area contributed by atoms with Crippen LogP contribution in [0.2, 0.25) is 0 Å². The summed E-state index contributed by atoms with van der Waals surface area (Å²) in [5, 5.41) is 12.9. The van der Waals surface area contributed by atoms with E-state index in [4.69, 9.17) is 0 Å². The highest BCUT2D eigenvalue weighted by atomic mass is 127. The normalized spacial score (nSPS) is 25.3. The molecular weight excluding hydrogens is 402 g/mol. The van der Waals surface area contributed by atoms with Gasteiger partial charge in [0.25, 0.3) is 0 Å². The molecule has 1 aliphatic rings. The van der Waals surface area contributed by atoms with Crippen LogP contribution < -0.4 is 14.9 Å². The van der Waals surface area contributed by atoms with E-state index in [1.54, 1.807) is 12.1 Å². The Morgan fingerprint density at radius 1 is 1.45 bits per heavy atom. The molecule has 1 saturated heterocycles. The van der Waals surface area contributed by atoms with E-state index in [-0.39, 0.29) is 16.1 Å². The van der Waals surface area contributed by atoms with Crippen molar-refractivity contribution in [2.45, 2.75) is 38.8 Å². The third-order valence-electron chi connectivity index (χ3n) is 4.19. The molecule has 0 spiro atoms. The standard InChI is InChI=1S/C15H18FIN2O3/c1-15(2,3)19(12-5-4-9(17)8-10(12)16)7-6-11(13(19)20)18-14(21)22/h4-5,8,11,18H,6-7H2,1-3H3/t11-,19?/m0/s1. The molecule has 22 heavy (non-hydrogen) atoms. The number of rotatable bonds is 2. The minimum absolute atomic E-state index is 0.222. The van der Waals surface area contributed by atoms with Crippen LogP contribution in [0.4, 0.5) is 14.9 Å². The smallest absolute Gasteiger partial charge is 0.341 e. The van der Waals surface area contributed by atoms with E-state index < -0.39 is 23.5 Å². The molecule has 5 nitrogen and oxygen atoms in total. The van der Waals surface area contributed by atoms with Crippen LogP contribution in [-0.4, -0.2) is 30.1 Å². The summed E-state index contributed by atoms with van der Waals surface area (Å²) in [6.07, 6.45) is -1.18. The predicted octanol–water partition coefficient (Wildman–Crippen LogP) is 1.77. The molecule has 0 aliphatic carbocycles. The number of nitrogens with one attached hydrogen (secondary N) is 1. The molecule has 1 aliphatic heterocycles. The number of amides is 2. The number of hydrogen-bond donors (Lipinski definition) is 1. The average molecular weight is 420 g/mol. The van der Waals surface area contributed by atoms with Gasteiger partial charge in [-0.1, -0.05) is 0 Å². The van der Waals surface area contributed by atoms with Gasteiger partial charge in [-0.2, -0.15) is 0 Å². The second-order valence-corrected chi connectivity index (χ2v) is 7.66. The number of carbonyl (C=O) groups is 2. The molecule has 0 radical (unpaired) electrons. The summed E-state index contributed by atoms with van der Waals surface area (Å²) in [5.41, 5.74) is -0.326. The molecule has 1 fully saturated rings. The van der Waals surface area contributed by atoms with Gasteiger partial charge in [-0.3, -0.25) is 0 Å². The fourth-order valence-corrected chi connectivity index (χ4v) is 3.61. The maximum absolute atomic E-state index is 14.5. The van der Waals surface area contributed by atoms with Gasteiger partial charge in [0.05, 0.1) is 6.54 Å². The summed E-state index contributed by atoms with van der Waals surface area (Å²) in [5.74, 6) is -0.805. The van der Waals surface area contributed by atoms with Crippen molar-refractivity contribution in [3.63, 3.8) is 0 Å². The predicted molar refractivity (Wildman–Crippen MR) is 87.5 cm³/mol. The lowest BCUT2D eigenvalue weighted by molar-refractivity contribution is -0.251. The zero-order valence-electron chi connectivity index (χ0n) is 12.7. The van der Waals surface area contributed by atoms with Crippen LogP contribution in [0.25, 0.3) is 0 Å². The molecule has 1 heterocycles.